The summed E-state index contributed by atoms with van der Waals surface area (Å²) in [6.07, 6.45) is 3.32. The molecule has 6 nitrogen and oxygen atoms in total. The minimum Gasteiger partial charge on any atom is -0.459 e. The fraction of sp³-hybridized carbons (Fsp3) is 0.333. The highest BCUT2D eigenvalue weighted by atomic mass is 16.6. The molecule has 1 aliphatic heterocycles. The molecule has 0 radical (unpaired) electrons. The molecule has 1 atom stereocenters. The lowest BCUT2D eigenvalue weighted by molar-refractivity contribution is 0.0161. The van der Waals surface area contributed by atoms with Crippen molar-refractivity contribution in [2.45, 2.75) is 25.9 Å². The Morgan fingerprint density at radius 3 is 2.92 bits per heavy atom. The highest BCUT2D eigenvalue weighted by Crippen LogP contribution is 2.19. The summed E-state index contributed by atoms with van der Waals surface area (Å²) in [4.78, 5) is 24.2. The minimum absolute atomic E-state index is 0.0162. The predicted molar refractivity (Wildman–Crippen MR) is 87.1 cm³/mol. The molecule has 1 N–H and O–H groups in total. The molecular weight excluding hydrogens is 310 g/mol. The standard InChI is InChI=1S/C18H19NO5/c1-12-6-7-13(18(21)24-11-14-4-2-8-22-14)10-15(12)19-17(20)16-5-3-9-23-16/h3,5-7,9-10,14H,2,4,8,11H2,1H3,(H,19,20)/t14-/m0/s1. The van der Waals surface area contributed by atoms with Crippen LogP contribution in [0.5, 0.6) is 0 Å². The Morgan fingerprint density at radius 2 is 2.21 bits per heavy atom. The summed E-state index contributed by atoms with van der Waals surface area (Å²) in [6.45, 7) is 2.82. The van der Waals surface area contributed by atoms with E-state index in [4.69, 9.17) is 13.9 Å². The lowest BCUT2D eigenvalue weighted by Gasteiger charge is -2.12. The van der Waals surface area contributed by atoms with Gasteiger partial charge in [0.1, 0.15) is 6.61 Å². The van der Waals surface area contributed by atoms with Crippen LogP contribution in [0.1, 0.15) is 39.3 Å². The predicted octanol–water partition coefficient (Wildman–Crippen LogP) is 3.18. The summed E-state index contributed by atoms with van der Waals surface area (Å²) < 4.78 is 15.8. The number of furan rings is 1. The van der Waals surface area contributed by atoms with Crippen LogP contribution in [-0.2, 0) is 9.47 Å². The number of benzene rings is 1. The zero-order valence-electron chi connectivity index (χ0n) is 13.4. The van der Waals surface area contributed by atoms with Crippen molar-refractivity contribution in [1.82, 2.24) is 0 Å². The van der Waals surface area contributed by atoms with Crippen LogP contribution >= 0.6 is 0 Å². The van der Waals surface area contributed by atoms with Crippen LogP contribution in [0.25, 0.3) is 0 Å². The third-order valence-electron chi connectivity index (χ3n) is 3.89. The summed E-state index contributed by atoms with van der Waals surface area (Å²) in [5.41, 5.74) is 1.77. The average molecular weight is 329 g/mol. The molecule has 6 heteroatoms. The maximum atomic E-state index is 12.2. The summed E-state index contributed by atoms with van der Waals surface area (Å²) in [5, 5.41) is 2.74. The van der Waals surface area contributed by atoms with E-state index < -0.39 is 5.97 Å². The van der Waals surface area contributed by atoms with Crippen LogP contribution in [0, 0.1) is 6.92 Å². The molecule has 24 heavy (non-hydrogen) atoms. The molecule has 1 aromatic carbocycles. The lowest BCUT2D eigenvalue weighted by atomic mass is 10.1. The van der Waals surface area contributed by atoms with Crippen molar-refractivity contribution >= 4 is 17.6 Å². The molecule has 0 bridgehead atoms. The molecular formula is C18H19NO5. The van der Waals surface area contributed by atoms with Crippen molar-refractivity contribution in [3.8, 4) is 0 Å². The number of carbonyl (C=O) groups is 2. The Hall–Kier alpha value is -2.60. The van der Waals surface area contributed by atoms with Gasteiger partial charge in [0.05, 0.1) is 17.9 Å². The number of hydrogen-bond donors (Lipinski definition) is 1. The van der Waals surface area contributed by atoms with Gasteiger partial charge in [0.15, 0.2) is 5.76 Å². The highest BCUT2D eigenvalue weighted by molar-refractivity contribution is 6.03. The fourth-order valence-corrected chi connectivity index (χ4v) is 2.50. The number of ether oxygens (including phenoxy) is 2. The van der Waals surface area contributed by atoms with Gasteiger partial charge in [-0.3, -0.25) is 4.79 Å². The molecule has 1 amide bonds. The van der Waals surface area contributed by atoms with E-state index in [2.05, 4.69) is 5.32 Å². The zero-order chi connectivity index (χ0) is 16.9. The number of anilines is 1. The second kappa shape index (κ2) is 7.31. The zero-order valence-corrected chi connectivity index (χ0v) is 13.4. The molecule has 0 saturated carbocycles. The molecule has 2 aromatic rings. The number of aryl methyl sites for hydroxylation is 1. The van der Waals surface area contributed by atoms with E-state index in [0.717, 1.165) is 25.0 Å². The molecule has 1 fully saturated rings. The van der Waals surface area contributed by atoms with Gasteiger partial charge in [0, 0.05) is 12.3 Å². The van der Waals surface area contributed by atoms with E-state index in [1.807, 2.05) is 6.92 Å². The Labute approximate surface area is 139 Å². The van der Waals surface area contributed by atoms with Gasteiger partial charge >= 0.3 is 5.97 Å². The van der Waals surface area contributed by atoms with E-state index in [1.165, 1.54) is 6.26 Å². The van der Waals surface area contributed by atoms with Crippen LogP contribution in [0.3, 0.4) is 0 Å². The second-order valence-corrected chi connectivity index (χ2v) is 5.69. The van der Waals surface area contributed by atoms with Gasteiger partial charge in [-0.25, -0.2) is 4.79 Å². The molecule has 1 aromatic heterocycles. The molecule has 126 valence electrons. The maximum Gasteiger partial charge on any atom is 0.338 e. The summed E-state index contributed by atoms with van der Waals surface area (Å²) in [6, 6.07) is 8.26. The van der Waals surface area contributed by atoms with Crippen molar-refractivity contribution in [3.05, 3.63) is 53.5 Å². The fourth-order valence-electron chi connectivity index (χ4n) is 2.50. The molecule has 1 aliphatic rings. The third-order valence-corrected chi connectivity index (χ3v) is 3.89. The summed E-state index contributed by atoms with van der Waals surface area (Å²) in [7, 11) is 0. The first-order valence-electron chi connectivity index (χ1n) is 7.88. The van der Waals surface area contributed by atoms with Gasteiger partial charge in [-0.2, -0.15) is 0 Å². The second-order valence-electron chi connectivity index (χ2n) is 5.69. The van der Waals surface area contributed by atoms with Crippen molar-refractivity contribution in [1.29, 1.82) is 0 Å². The number of hydrogen-bond acceptors (Lipinski definition) is 5. The first-order chi connectivity index (χ1) is 11.6. The van der Waals surface area contributed by atoms with Gasteiger partial charge in [0.2, 0.25) is 0 Å². The first kappa shape index (κ1) is 16.3. The maximum absolute atomic E-state index is 12.2. The van der Waals surface area contributed by atoms with Crippen LogP contribution in [0.15, 0.2) is 41.0 Å². The van der Waals surface area contributed by atoms with Crippen LogP contribution in [0.4, 0.5) is 5.69 Å². The normalized spacial score (nSPS) is 16.8. The van der Waals surface area contributed by atoms with Gasteiger partial charge < -0.3 is 19.2 Å². The Kier molecular flexibility index (Phi) is 4.96. The first-order valence-corrected chi connectivity index (χ1v) is 7.88. The number of rotatable bonds is 5. The lowest BCUT2D eigenvalue weighted by Crippen LogP contribution is -2.18. The van der Waals surface area contributed by atoms with Gasteiger partial charge in [-0.05, 0) is 49.6 Å². The van der Waals surface area contributed by atoms with E-state index in [9.17, 15) is 9.59 Å². The summed E-state index contributed by atoms with van der Waals surface area (Å²) in [5.74, 6) is -0.590. The minimum atomic E-state index is -0.431. The molecule has 2 heterocycles. The monoisotopic (exact) mass is 329 g/mol. The Bertz CT molecular complexity index is 717. The van der Waals surface area contributed by atoms with E-state index >= 15 is 0 Å². The van der Waals surface area contributed by atoms with Crippen molar-refractivity contribution in [3.63, 3.8) is 0 Å². The molecule has 0 aliphatic carbocycles. The average Bonchev–Trinajstić information content (AvgIpc) is 3.28. The molecule has 3 rings (SSSR count). The van der Waals surface area contributed by atoms with Gasteiger partial charge in [-0.1, -0.05) is 6.07 Å². The Morgan fingerprint density at radius 1 is 1.33 bits per heavy atom. The van der Waals surface area contributed by atoms with E-state index in [0.29, 0.717) is 11.3 Å². The molecule has 0 spiro atoms. The molecule has 1 saturated heterocycles. The third kappa shape index (κ3) is 3.83. The number of amides is 1. The van der Waals surface area contributed by atoms with Gasteiger partial charge in [0.25, 0.3) is 5.91 Å². The van der Waals surface area contributed by atoms with Crippen molar-refractivity contribution in [2.75, 3.05) is 18.5 Å². The SMILES string of the molecule is Cc1ccc(C(=O)OC[C@@H]2CCCO2)cc1NC(=O)c1ccco1. The van der Waals surface area contributed by atoms with Crippen molar-refractivity contribution < 1.29 is 23.5 Å². The number of nitrogens with one attached hydrogen (secondary N) is 1. The quantitative estimate of drug-likeness (QED) is 0.853. The van der Waals surface area contributed by atoms with E-state index in [-0.39, 0.29) is 24.4 Å². The summed E-state index contributed by atoms with van der Waals surface area (Å²) >= 11 is 0. The number of carbonyl (C=O) groups excluding carboxylic acids is 2. The highest BCUT2D eigenvalue weighted by Gasteiger charge is 2.19. The largest absolute Gasteiger partial charge is 0.459 e. The van der Waals surface area contributed by atoms with Gasteiger partial charge in [-0.15, -0.1) is 0 Å². The van der Waals surface area contributed by atoms with Crippen LogP contribution in [0.2, 0.25) is 0 Å². The van der Waals surface area contributed by atoms with E-state index in [1.54, 1.807) is 30.3 Å². The topological polar surface area (TPSA) is 77.8 Å². The van der Waals surface area contributed by atoms with Crippen LogP contribution < -0.4 is 5.32 Å². The smallest absolute Gasteiger partial charge is 0.338 e. The molecule has 0 unspecified atom stereocenters. The van der Waals surface area contributed by atoms with Crippen molar-refractivity contribution in [2.24, 2.45) is 0 Å². The number of esters is 1. The van der Waals surface area contributed by atoms with Crippen LogP contribution in [-0.4, -0.2) is 31.2 Å². The Balaban J connectivity index is 1.66.